The summed E-state index contributed by atoms with van der Waals surface area (Å²) in [7, 11) is 0. The van der Waals surface area contributed by atoms with E-state index in [1.165, 1.54) is 24.5 Å². The van der Waals surface area contributed by atoms with Gasteiger partial charge in [0.15, 0.2) is 17.3 Å². The number of amides is 5. The van der Waals surface area contributed by atoms with E-state index in [2.05, 4.69) is 84.4 Å². The van der Waals surface area contributed by atoms with E-state index in [1.54, 1.807) is 114 Å². The van der Waals surface area contributed by atoms with E-state index in [9.17, 15) is 52.7 Å². The zero-order valence-electron chi connectivity index (χ0n) is 70.9. The summed E-state index contributed by atoms with van der Waals surface area (Å²) in [6, 6.07) is 50.8. The largest absolute Gasteiger partial charge is 0.477 e. The molecular formula is C98H94Cl3I3N10O15. The number of Topliss-reactive ketones (excluding diaryl/α,β-unsaturated/α-hetero) is 6. The Morgan fingerprint density at radius 2 is 1.03 bits per heavy atom. The third-order valence-corrected chi connectivity index (χ3v) is 21.8. The highest BCUT2D eigenvalue weighted by molar-refractivity contribution is 15.0. The number of carboxylic acids is 1. The molecule has 0 radical (unpaired) electrons. The number of nitrogens with zero attached hydrogens (tertiary/aromatic N) is 7. The number of terminal acetylenes is 1. The van der Waals surface area contributed by atoms with Crippen molar-refractivity contribution >= 4 is 172 Å². The molecule has 0 spiro atoms. The summed E-state index contributed by atoms with van der Waals surface area (Å²) in [5.41, 5.74) is 9.86. The van der Waals surface area contributed by atoms with Gasteiger partial charge in [-0.05, 0) is 220 Å². The highest BCUT2D eigenvalue weighted by atomic mass is 128. The Morgan fingerprint density at radius 1 is 0.527 bits per heavy atom. The van der Waals surface area contributed by atoms with Crippen molar-refractivity contribution in [3.63, 3.8) is 0 Å². The number of aryl methyl sites for hydroxylation is 5. The van der Waals surface area contributed by atoms with Crippen LogP contribution in [0.1, 0.15) is 192 Å². The Hall–Kier alpha value is -11.5. The maximum absolute atomic E-state index is 13.4. The number of rotatable bonds is 38. The van der Waals surface area contributed by atoms with Crippen molar-refractivity contribution in [2.45, 2.75) is 162 Å². The molecule has 4 aromatic heterocycles. The molecular weight excluding hydrogens is 2040 g/mol. The van der Waals surface area contributed by atoms with Crippen LogP contribution >= 0.6 is 96.0 Å². The van der Waals surface area contributed by atoms with Gasteiger partial charge in [-0.15, -0.1) is 41.4 Å². The number of carbonyl (C=O) groups is 11. The normalized spacial score (nSPS) is 12.4. The number of halogens is 6. The van der Waals surface area contributed by atoms with E-state index < -0.39 is 35.6 Å². The molecule has 668 valence electrons. The van der Waals surface area contributed by atoms with Crippen LogP contribution in [-0.2, 0) is 69.0 Å². The number of anilines is 2. The fourth-order valence-electron chi connectivity index (χ4n) is 14.0. The van der Waals surface area contributed by atoms with Crippen LogP contribution in [0.2, 0.25) is 15.1 Å². The monoisotopic (exact) mass is 2140 g/mol. The summed E-state index contributed by atoms with van der Waals surface area (Å²) in [5.74, 6) is 2.64. The van der Waals surface area contributed by atoms with Crippen molar-refractivity contribution < 1.29 is 72.1 Å². The molecule has 1 fully saturated rings. The number of pyridine rings is 3. The number of ether oxygens (including phenoxy) is 3. The summed E-state index contributed by atoms with van der Waals surface area (Å²) in [4.78, 5) is 150. The molecule has 4 N–H and O–H groups in total. The summed E-state index contributed by atoms with van der Waals surface area (Å²) in [5, 5.41) is 27.9. The van der Waals surface area contributed by atoms with E-state index in [0.29, 0.717) is 137 Å². The van der Waals surface area contributed by atoms with E-state index in [0.717, 1.165) is 101 Å². The van der Waals surface area contributed by atoms with E-state index in [4.69, 9.17) is 60.5 Å². The Bertz CT molecular complexity index is 5870. The smallest absolute Gasteiger partial charge is 0.354 e. The number of hydrogen-bond donors (Lipinski definition) is 4. The molecule has 25 nitrogen and oxygen atoms in total. The molecule has 1 atom stereocenters. The lowest BCUT2D eigenvalue weighted by molar-refractivity contribution is -0.132. The fourth-order valence-corrected chi connectivity index (χ4v) is 14.3. The number of nitrogens with one attached hydrogen (secondary N) is 3. The van der Waals surface area contributed by atoms with E-state index in [-0.39, 0.29) is 107 Å². The first-order valence-electron chi connectivity index (χ1n) is 41.4. The zero-order valence-corrected chi connectivity index (χ0v) is 79.8. The van der Waals surface area contributed by atoms with Gasteiger partial charge in [0.2, 0.25) is 0 Å². The van der Waals surface area contributed by atoms with Crippen LogP contribution in [0.5, 0.6) is 34.5 Å². The van der Waals surface area contributed by atoms with Crippen LogP contribution in [0.15, 0.2) is 207 Å². The minimum atomic E-state index is -1.12. The lowest BCUT2D eigenvalue weighted by Gasteiger charge is -2.27. The average molecular weight is 2140 g/mol. The van der Waals surface area contributed by atoms with Gasteiger partial charge in [0.25, 0.3) is 17.7 Å². The van der Waals surface area contributed by atoms with Gasteiger partial charge >= 0.3 is 12.0 Å². The van der Waals surface area contributed by atoms with Crippen molar-refractivity contribution in [3.05, 3.63) is 300 Å². The van der Waals surface area contributed by atoms with Gasteiger partial charge < -0.3 is 35.3 Å². The molecule has 5 heterocycles. The van der Waals surface area contributed by atoms with Crippen molar-refractivity contribution in [2.75, 3.05) is 17.2 Å². The van der Waals surface area contributed by atoms with Crippen molar-refractivity contribution in [1.29, 1.82) is 0 Å². The van der Waals surface area contributed by atoms with Crippen LogP contribution < -0.4 is 30.2 Å². The van der Waals surface area contributed by atoms with E-state index >= 15 is 0 Å². The van der Waals surface area contributed by atoms with E-state index in [1.807, 2.05) is 93.7 Å². The van der Waals surface area contributed by atoms with Gasteiger partial charge in [-0.3, -0.25) is 62.7 Å². The second kappa shape index (κ2) is 51.6. The van der Waals surface area contributed by atoms with Gasteiger partial charge in [-0.25, -0.2) is 14.6 Å². The number of imide groups is 1. The number of aromatic nitrogens is 6. The summed E-state index contributed by atoms with van der Waals surface area (Å²) in [6.07, 6.45) is 21.6. The van der Waals surface area contributed by atoms with Gasteiger partial charge in [-0.1, -0.05) is 114 Å². The van der Waals surface area contributed by atoms with Gasteiger partial charge in [-0.2, -0.15) is 0 Å². The molecule has 1 aliphatic heterocycles. The summed E-state index contributed by atoms with van der Waals surface area (Å²) in [6.45, 7) is 6.79. The molecule has 13 rings (SSSR count). The Balaban J connectivity index is 0.000000241. The first-order chi connectivity index (χ1) is 61.8. The number of benzene rings is 7. The minimum Gasteiger partial charge on any atom is -0.477 e. The topological polar surface area (TPSA) is 344 Å². The first-order valence-corrected chi connectivity index (χ1v) is 48.8. The Labute approximate surface area is 803 Å². The van der Waals surface area contributed by atoms with Crippen molar-refractivity contribution in [1.82, 2.24) is 40.2 Å². The SMILES string of the molecule is C#CCCCCCC(=O)c1cc(Oc2ccc(CC(=O)Cc3ccc(Cl)c(C)c3)cc2)ccn1.Cc1cc(CC(=O)Cc2ccc(Oc3ccnc(C(=O)O)c3)cc2)ccc1Cl.Cc1cc(NC(=O)Nc2ccc(Oc3ccnc(C(=O)NCCCCc4cn(CCCCCC(=O)Cc5cccc6c5C(=O)N(C5CCC(=O)CC5=O)C6=O)nn4)c3)cc2)ccc1Cl.I.II. The molecule has 1 unspecified atom stereocenters. The third-order valence-electron chi connectivity index (χ3n) is 20.5. The molecule has 1 aliphatic carbocycles. The number of carboxylic acid groups (broad SMARTS) is 1. The second-order valence-electron chi connectivity index (χ2n) is 30.5. The van der Waals surface area contributed by atoms with Crippen LogP contribution in [0.3, 0.4) is 0 Å². The van der Waals surface area contributed by atoms with Crippen molar-refractivity contribution in [2.24, 2.45) is 0 Å². The maximum Gasteiger partial charge on any atom is 0.354 e. The first kappa shape index (κ1) is 101. The number of ketones is 6. The van der Waals surface area contributed by atoms with Gasteiger partial charge in [0, 0.05) is 178 Å². The Kier molecular flexibility index (Phi) is 40.5. The molecule has 129 heavy (non-hydrogen) atoms. The molecule has 2 aliphatic rings. The number of fused-ring (bicyclic) bond motifs is 1. The molecule has 1 saturated carbocycles. The predicted molar refractivity (Wildman–Crippen MR) is 522 cm³/mol. The minimum absolute atomic E-state index is 0. The Morgan fingerprint density at radius 3 is 1.60 bits per heavy atom. The molecule has 5 amide bonds. The van der Waals surface area contributed by atoms with Gasteiger partial charge in [0.1, 0.15) is 69.0 Å². The van der Waals surface area contributed by atoms with Gasteiger partial charge in [0.05, 0.1) is 29.3 Å². The molecule has 0 bridgehead atoms. The summed E-state index contributed by atoms with van der Waals surface area (Å²) < 4.78 is 19.3. The number of unbranched alkanes of at least 4 members (excludes halogenated alkanes) is 6. The van der Waals surface area contributed by atoms with Crippen molar-refractivity contribution in [3.8, 4) is 46.8 Å². The highest BCUT2D eigenvalue weighted by Crippen LogP contribution is 2.34. The number of hydrogen-bond acceptors (Lipinski definition) is 19. The maximum atomic E-state index is 13.4. The highest BCUT2D eigenvalue weighted by Gasteiger charge is 2.45. The molecule has 31 heteroatoms. The van der Waals surface area contributed by atoms with Crippen LogP contribution in [-0.4, -0.2) is 117 Å². The average Bonchev–Trinajstić information content (AvgIpc) is 1.60. The van der Waals surface area contributed by atoms with Crippen LogP contribution in [0.4, 0.5) is 16.2 Å². The lowest BCUT2D eigenvalue weighted by atomic mass is 9.92. The second-order valence-corrected chi connectivity index (χ2v) is 31.7. The molecule has 11 aromatic rings. The lowest BCUT2D eigenvalue weighted by Crippen LogP contribution is -2.47. The molecule has 0 saturated heterocycles. The number of urea groups is 1. The number of aromatic carboxylic acids is 1. The molecule has 7 aromatic carbocycles. The zero-order chi connectivity index (χ0) is 91.6. The summed E-state index contributed by atoms with van der Waals surface area (Å²) >= 11 is 22.4. The number of carbonyl (C=O) groups excluding carboxylic acids is 10. The third kappa shape index (κ3) is 32.0. The van der Waals surface area contributed by atoms with Crippen LogP contribution in [0, 0.1) is 33.1 Å². The fraction of sp³-hybridized carbons (Fsp3) is 0.265. The standard InChI is InChI=1S/C47H47ClN8O8.C29H28ClNO3.C22H18ClNO4.I2.HI/c1-29-24-32(14-18-39(29)48)52-47(63)51-31-12-16-36(17-13-31)64-37-20-22-49-40(27-37)44(60)50-21-5-4-9-33-28-55(54-53-33)23-6-2-3-10-34(57)25-30-8-7-11-38-43(30)46(62)56(45(38)61)41-19-15-35(58)26-42(41)59;1-3-4-5-6-7-8-29(33)28-20-26(15-16-31-28)34-25-12-9-22(10-13-25)18-24(32)19-23-11-14-27(30)21(2)17-23;1-14-10-16(4-7-20(14)23)12-17(25)11-15-2-5-18(6-3-15)28-19-8-9-24-21(13-19)22(26)27;1-2;/h7-8,11-14,16-18,20,22,24,27-28,41H,2-6,9-10,15,19,21,23,25-26H2,1H3,(H,50,60)(H2,51,52,63);1,9-17,20H,4-8,18-19H2,2H3;2-10,13H,11-12H2,1H3,(H,26,27);;1H. The van der Waals surface area contributed by atoms with Crippen LogP contribution in [0.25, 0.3) is 0 Å². The quantitative estimate of drug-likeness (QED) is 0.00697. The predicted octanol–water partition coefficient (Wildman–Crippen LogP) is 21.7.